The molecule has 23 heavy (non-hydrogen) atoms. The van der Waals surface area contributed by atoms with E-state index in [1.54, 1.807) is 0 Å². The van der Waals surface area contributed by atoms with Gasteiger partial charge < -0.3 is 15.2 Å². The van der Waals surface area contributed by atoms with Crippen molar-refractivity contribution >= 4 is 28.8 Å². The molecule has 0 aliphatic heterocycles. The first-order valence-corrected chi connectivity index (χ1v) is 9.51. The summed E-state index contributed by atoms with van der Waals surface area (Å²) < 4.78 is 2.28. The summed E-state index contributed by atoms with van der Waals surface area (Å²) in [5, 5.41) is 6.72. The van der Waals surface area contributed by atoms with Crippen LogP contribution < -0.4 is 10.6 Å². The molecule has 5 nitrogen and oxygen atoms in total. The van der Waals surface area contributed by atoms with Gasteiger partial charge in [-0.2, -0.15) is 11.8 Å². The lowest BCUT2D eigenvalue weighted by Gasteiger charge is -2.12. The van der Waals surface area contributed by atoms with E-state index in [1.807, 2.05) is 24.9 Å². The summed E-state index contributed by atoms with van der Waals surface area (Å²) >= 11 is 1.87. The molecule has 0 bridgehead atoms. The van der Waals surface area contributed by atoms with Crippen LogP contribution in [0.5, 0.6) is 0 Å². The Balaban J connectivity index is 1.77. The van der Waals surface area contributed by atoms with Crippen LogP contribution in [0, 0.1) is 6.92 Å². The van der Waals surface area contributed by atoms with Gasteiger partial charge in [-0.1, -0.05) is 12.1 Å². The largest absolute Gasteiger partial charge is 0.356 e. The number of thioether (sulfide) groups is 1. The maximum atomic E-state index is 4.61. The van der Waals surface area contributed by atoms with Crippen molar-refractivity contribution in [3.63, 3.8) is 0 Å². The molecule has 0 fully saturated rings. The lowest BCUT2D eigenvalue weighted by atomic mass is 10.3. The summed E-state index contributed by atoms with van der Waals surface area (Å²) in [5.74, 6) is 3.14. The fourth-order valence-corrected chi connectivity index (χ4v) is 3.00. The van der Waals surface area contributed by atoms with Gasteiger partial charge in [-0.15, -0.1) is 0 Å². The first kappa shape index (κ1) is 17.7. The zero-order valence-electron chi connectivity index (χ0n) is 14.3. The second-order valence-electron chi connectivity index (χ2n) is 5.43. The Kier molecular flexibility index (Phi) is 7.26. The number of benzene rings is 1. The highest BCUT2D eigenvalue weighted by Gasteiger charge is 2.06. The third kappa shape index (κ3) is 5.16. The highest BCUT2D eigenvalue weighted by Crippen LogP contribution is 2.15. The van der Waals surface area contributed by atoms with E-state index in [9.17, 15) is 0 Å². The van der Waals surface area contributed by atoms with Crippen molar-refractivity contribution in [2.45, 2.75) is 26.3 Å². The molecule has 1 aromatic heterocycles. The number of hydrogen-bond acceptors (Lipinski definition) is 3. The van der Waals surface area contributed by atoms with E-state index >= 15 is 0 Å². The molecule has 6 heteroatoms. The molecule has 2 rings (SSSR count). The first-order chi connectivity index (χ1) is 11.3. The number of para-hydroxylation sites is 2. The van der Waals surface area contributed by atoms with Crippen LogP contribution in [-0.4, -0.2) is 47.7 Å². The van der Waals surface area contributed by atoms with Crippen LogP contribution >= 0.6 is 11.8 Å². The molecule has 0 aliphatic rings. The van der Waals surface area contributed by atoms with Crippen molar-refractivity contribution in [3.05, 3.63) is 30.1 Å². The van der Waals surface area contributed by atoms with Crippen molar-refractivity contribution in [2.24, 2.45) is 4.99 Å². The zero-order valence-corrected chi connectivity index (χ0v) is 15.1. The van der Waals surface area contributed by atoms with Gasteiger partial charge in [0.25, 0.3) is 0 Å². The molecule has 0 radical (unpaired) electrons. The monoisotopic (exact) mass is 333 g/mol. The quantitative estimate of drug-likeness (QED) is 0.443. The van der Waals surface area contributed by atoms with Crippen molar-refractivity contribution in [1.29, 1.82) is 0 Å². The summed E-state index contributed by atoms with van der Waals surface area (Å²) in [7, 11) is 1.82. The van der Waals surface area contributed by atoms with Gasteiger partial charge in [0.05, 0.1) is 11.0 Å². The van der Waals surface area contributed by atoms with Gasteiger partial charge in [0.2, 0.25) is 0 Å². The molecule has 0 aliphatic carbocycles. The number of aromatic nitrogens is 2. The highest BCUT2D eigenvalue weighted by molar-refractivity contribution is 7.98. The standard InChI is InChI=1S/C17H27N5S/c1-14-21-15-8-4-5-9-16(15)22(14)12-6-10-19-17(18-2)20-11-7-13-23-3/h4-5,8-9H,6-7,10-13H2,1-3H3,(H2,18,19,20). The number of hydrogen-bond donors (Lipinski definition) is 2. The lowest BCUT2D eigenvalue weighted by Crippen LogP contribution is -2.38. The molecule has 2 aromatic rings. The van der Waals surface area contributed by atoms with Crippen LogP contribution in [0.3, 0.4) is 0 Å². The third-order valence-electron chi connectivity index (χ3n) is 3.74. The number of nitrogens with one attached hydrogen (secondary N) is 2. The summed E-state index contributed by atoms with van der Waals surface area (Å²) in [6.07, 6.45) is 4.32. The van der Waals surface area contributed by atoms with Crippen LogP contribution in [0.1, 0.15) is 18.7 Å². The second kappa shape index (κ2) is 9.45. The maximum Gasteiger partial charge on any atom is 0.190 e. The summed E-state index contributed by atoms with van der Waals surface area (Å²) in [5.41, 5.74) is 2.29. The minimum absolute atomic E-state index is 0.887. The number of rotatable bonds is 8. The van der Waals surface area contributed by atoms with Crippen molar-refractivity contribution in [1.82, 2.24) is 20.2 Å². The smallest absolute Gasteiger partial charge is 0.190 e. The van der Waals surface area contributed by atoms with E-state index in [0.29, 0.717) is 0 Å². The fourth-order valence-electron chi connectivity index (χ4n) is 2.57. The van der Waals surface area contributed by atoms with Gasteiger partial charge in [-0.3, -0.25) is 4.99 Å². The van der Waals surface area contributed by atoms with Gasteiger partial charge in [0.1, 0.15) is 5.82 Å². The molecule has 126 valence electrons. The molecule has 0 atom stereocenters. The SMILES string of the molecule is CN=C(NCCCSC)NCCCn1c(C)nc2ccccc21. The molecule has 0 saturated heterocycles. The Morgan fingerprint density at radius 1 is 1.22 bits per heavy atom. The average Bonchev–Trinajstić information content (AvgIpc) is 2.89. The van der Waals surface area contributed by atoms with Gasteiger partial charge in [-0.05, 0) is 43.9 Å². The van der Waals surface area contributed by atoms with Crippen molar-refractivity contribution in [3.8, 4) is 0 Å². The maximum absolute atomic E-state index is 4.61. The highest BCUT2D eigenvalue weighted by atomic mass is 32.2. The van der Waals surface area contributed by atoms with Gasteiger partial charge in [0.15, 0.2) is 5.96 Å². The van der Waals surface area contributed by atoms with E-state index < -0.39 is 0 Å². The molecule has 0 spiro atoms. The second-order valence-corrected chi connectivity index (χ2v) is 6.41. The molecule has 2 N–H and O–H groups in total. The fraction of sp³-hybridized carbons (Fsp3) is 0.529. The van der Waals surface area contributed by atoms with Gasteiger partial charge in [-0.25, -0.2) is 4.98 Å². The Bertz CT molecular complexity index is 635. The average molecular weight is 334 g/mol. The van der Waals surface area contributed by atoms with Crippen LogP contribution in [0.15, 0.2) is 29.3 Å². The normalized spacial score (nSPS) is 11.9. The summed E-state index contributed by atoms with van der Waals surface area (Å²) in [4.78, 5) is 8.86. The predicted molar refractivity (Wildman–Crippen MR) is 101 cm³/mol. The number of imidazole rings is 1. The van der Waals surface area contributed by atoms with Crippen LogP contribution in [0.4, 0.5) is 0 Å². The lowest BCUT2D eigenvalue weighted by molar-refractivity contribution is 0.624. The van der Waals surface area contributed by atoms with Gasteiger partial charge >= 0.3 is 0 Å². The molecular weight excluding hydrogens is 306 g/mol. The van der Waals surface area contributed by atoms with Crippen LogP contribution in [-0.2, 0) is 6.54 Å². The molecule has 0 amide bonds. The van der Waals surface area contributed by atoms with Crippen molar-refractivity contribution in [2.75, 3.05) is 32.1 Å². The molecular formula is C17H27N5S. The Hall–Kier alpha value is -1.69. The topological polar surface area (TPSA) is 54.2 Å². The first-order valence-electron chi connectivity index (χ1n) is 8.11. The number of fused-ring (bicyclic) bond motifs is 1. The number of nitrogens with zero attached hydrogens (tertiary/aromatic N) is 3. The molecule has 1 heterocycles. The number of guanidine groups is 1. The van der Waals surface area contributed by atoms with E-state index in [2.05, 4.69) is 56.6 Å². The minimum atomic E-state index is 0.887. The Morgan fingerprint density at radius 2 is 1.96 bits per heavy atom. The number of aliphatic imine (C=N–C) groups is 1. The predicted octanol–water partition coefficient (Wildman–Crippen LogP) is 2.65. The Labute approximate surface area is 143 Å². The zero-order chi connectivity index (χ0) is 16.5. The summed E-state index contributed by atoms with van der Waals surface area (Å²) in [6.45, 7) is 4.89. The van der Waals surface area contributed by atoms with Crippen LogP contribution in [0.2, 0.25) is 0 Å². The van der Waals surface area contributed by atoms with E-state index in [-0.39, 0.29) is 0 Å². The van der Waals surface area contributed by atoms with E-state index in [4.69, 9.17) is 0 Å². The minimum Gasteiger partial charge on any atom is -0.356 e. The third-order valence-corrected chi connectivity index (χ3v) is 4.43. The molecule has 0 unspecified atom stereocenters. The van der Waals surface area contributed by atoms with E-state index in [1.165, 1.54) is 11.3 Å². The summed E-state index contributed by atoms with van der Waals surface area (Å²) in [6, 6.07) is 8.30. The van der Waals surface area contributed by atoms with Crippen molar-refractivity contribution < 1.29 is 0 Å². The van der Waals surface area contributed by atoms with E-state index in [0.717, 1.165) is 49.8 Å². The Morgan fingerprint density at radius 3 is 2.70 bits per heavy atom. The van der Waals surface area contributed by atoms with Gasteiger partial charge in [0, 0.05) is 26.7 Å². The molecule has 0 saturated carbocycles. The number of aryl methyl sites for hydroxylation is 2. The molecule has 1 aromatic carbocycles. The van der Waals surface area contributed by atoms with Crippen LogP contribution in [0.25, 0.3) is 11.0 Å².